The van der Waals surface area contributed by atoms with Gasteiger partial charge >= 0.3 is 0 Å². The first-order valence-electron chi connectivity index (χ1n) is 8.26. The predicted octanol–water partition coefficient (Wildman–Crippen LogP) is 4.05. The minimum absolute atomic E-state index is 0.0246. The zero-order valence-electron chi connectivity index (χ0n) is 15.6. The number of thioether (sulfide) groups is 1. The third-order valence-electron chi connectivity index (χ3n) is 4.14. The SMILES string of the molecule is Cc1ccc(Nc2nnc(SCC(=O)N[C@@](C)(C#N)C(C)C)s2)c(C)c1. The molecule has 0 radical (unpaired) electrons. The summed E-state index contributed by atoms with van der Waals surface area (Å²) < 4.78 is 0.704. The maximum Gasteiger partial charge on any atom is 0.231 e. The minimum Gasteiger partial charge on any atom is -0.337 e. The Morgan fingerprint density at radius 3 is 2.73 bits per heavy atom. The van der Waals surface area contributed by atoms with Gasteiger partial charge in [0.05, 0.1) is 11.8 Å². The zero-order valence-corrected chi connectivity index (χ0v) is 17.2. The number of rotatable bonds is 7. The molecule has 0 aliphatic heterocycles. The van der Waals surface area contributed by atoms with Crippen LogP contribution < -0.4 is 10.6 Å². The van der Waals surface area contributed by atoms with Gasteiger partial charge in [-0.2, -0.15) is 5.26 Å². The first-order chi connectivity index (χ1) is 12.2. The van der Waals surface area contributed by atoms with Gasteiger partial charge in [-0.1, -0.05) is 54.6 Å². The number of hydrogen-bond acceptors (Lipinski definition) is 7. The van der Waals surface area contributed by atoms with Gasteiger partial charge in [-0.15, -0.1) is 10.2 Å². The Kier molecular flexibility index (Phi) is 6.62. The molecule has 0 bridgehead atoms. The number of carbonyl (C=O) groups is 1. The van der Waals surface area contributed by atoms with Crippen molar-refractivity contribution in [3.8, 4) is 6.07 Å². The molecule has 0 fully saturated rings. The Hall–Kier alpha value is -2.11. The van der Waals surface area contributed by atoms with E-state index in [4.69, 9.17) is 0 Å². The van der Waals surface area contributed by atoms with Gasteiger partial charge in [0.25, 0.3) is 0 Å². The van der Waals surface area contributed by atoms with E-state index < -0.39 is 5.54 Å². The number of nitriles is 1. The summed E-state index contributed by atoms with van der Waals surface area (Å²) in [4.78, 5) is 12.1. The van der Waals surface area contributed by atoms with Crippen LogP contribution in [0.5, 0.6) is 0 Å². The number of nitrogens with one attached hydrogen (secondary N) is 2. The van der Waals surface area contributed by atoms with Crippen LogP contribution in [0.2, 0.25) is 0 Å². The number of anilines is 2. The summed E-state index contributed by atoms with van der Waals surface area (Å²) >= 11 is 2.71. The van der Waals surface area contributed by atoms with Crippen LogP contribution in [0.4, 0.5) is 10.8 Å². The van der Waals surface area contributed by atoms with Crippen molar-refractivity contribution in [2.24, 2.45) is 5.92 Å². The number of hydrogen-bond donors (Lipinski definition) is 2. The van der Waals surface area contributed by atoms with Gasteiger partial charge in [0, 0.05) is 5.69 Å². The summed E-state index contributed by atoms with van der Waals surface area (Å²) in [7, 11) is 0. The maximum absolute atomic E-state index is 12.1. The molecule has 1 heterocycles. The summed E-state index contributed by atoms with van der Waals surface area (Å²) in [6.07, 6.45) is 0. The van der Waals surface area contributed by atoms with Crippen molar-refractivity contribution in [2.45, 2.75) is 44.5 Å². The van der Waals surface area contributed by atoms with Crippen molar-refractivity contribution in [1.29, 1.82) is 5.26 Å². The molecule has 2 aromatic rings. The lowest BCUT2D eigenvalue weighted by Gasteiger charge is -2.27. The van der Waals surface area contributed by atoms with E-state index in [2.05, 4.69) is 39.9 Å². The molecular formula is C18H23N5OS2. The Morgan fingerprint density at radius 2 is 2.12 bits per heavy atom. The molecule has 138 valence electrons. The average molecular weight is 390 g/mol. The zero-order chi connectivity index (χ0) is 19.3. The molecule has 0 aliphatic carbocycles. The van der Waals surface area contributed by atoms with Gasteiger partial charge in [0.2, 0.25) is 11.0 Å². The van der Waals surface area contributed by atoms with Crippen LogP contribution in [0.15, 0.2) is 22.5 Å². The lowest BCUT2D eigenvalue weighted by Crippen LogP contribution is -2.49. The summed E-state index contributed by atoms with van der Waals surface area (Å²) in [5, 5.41) is 24.2. The van der Waals surface area contributed by atoms with Gasteiger partial charge in [0.1, 0.15) is 5.54 Å². The third-order valence-corrected chi connectivity index (χ3v) is 6.11. The highest BCUT2D eigenvalue weighted by molar-refractivity contribution is 8.01. The van der Waals surface area contributed by atoms with Crippen molar-refractivity contribution in [3.63, 3.8) is 0 Å². The highest BCUT2D eigenvalue weighted by atomic mass is 32.2. The molecule has 0 unspecified atom stereocenters. The van der Waals surface area contributed by atoms with E-state index in [0.29, 0.717) is 9.47 Å². The van der Waals surface area contributed by atoms with Crippen molar-refractivity contribution >= 4 is 39.8 Å². The normalized spacial score (nSPS) is 13.1. The molecule has 1 aromatic heterocycles. The highest BCUT2D eigenvalue weighted by Crippen LogP contribution is 2.29. The fourth-order valence-corrected chi connectivity index (χ4v) is 3.71. The monoisotopic (exact) mass is 389 g/mol. The number of aryl methyl sites for hydroxylation is 2. The molecule has 0 aliphatic rings. The number of carbonyl (C=O) groups excluding carboxylic acids is 1. The molecule has 1 amide bonds. The quantitative estimate of drug-likeness (QED) is 0.694. The smallest absolute Gasteiger partial charge is 0.231 e. The van der Waals surface area contributed by atoms with Crippen LogP contribution in [0.25, 0.3) is 0 Å². The second-order valence-electron chi connectivity index (χ2n) is 6.62. The van der Waals surface area contributed by atoms with Crippen molar-refractivity contribution in [1.82, 2.24) is 15.5 Å². The van der Waals surface area contributed by atoms with Crippen molar-refractivity contribution < 1.29 is 4.79 Å². The van der Waals surface area contributed by atoms with E-state index in [1.807, 2.05) is 32.9 Å². The molecular weight excluding hydrogens is 366 g/mol. The van der Waals surface area contributed by atoms with E-state index in [1.54, 1.807) is 6.92 Å². The molecule has 6 nitrogen and oxygen atoms in total. The van der Waals surface area contributed by atoms with E-state index in [9.17, 15) is 10.1 Å². The Balaban J connectivity index is 1.92. The summed E-state index contributed by atoms with van der Waals surface area (Å²) in [6.45, 7) is 9.64. The van der Waals surface area contributed by atoms with Crippen LogP contribution in [-0.2, 0) is 4.79 Å². The summed E-state index contributed by atoms with van der Waals surface area (Å²) in [6, 6.07) is 8.33. The standard InChI is InChI=1S/C18H23N5OS2/c1-11(2)18(5,10-19)21-15(24)9-25-17-23-22-16(26-17)20-14-7-6-12(3)8-13(14)4/h6-8,11H,9H2,1-5H3,(H,20,22)(H,21,24)/t18-/m0/s1. The molecule has 1 aromatic carbocycles. The lowest BCUT2D eigenvalue weighted by atomic mass is 9.90. The van der Waals surface area contributed by atoms with E-state index in [1.165, 1.54) is 28.7 Å². The minimum atomic E-state index is -0.867. The Bertz CT molecular complexity index is 827. The maximum atomic E-state index is 12.1. The fraction of sp³-hybridized carbons (Fsp3) is 0.444. The molecule has 1 atom stereocenters. The Labute approximate surface area is 162 Å². The highest BCUT2D eigenvalue weighted by Gasteiger charge is 2.29. The number of amides is 1. The summed E-state index contributed by atoms with van der Waals surface area (Å²) in [5.74, 6) is 0.0331. The van der Waals surface area contributed by atoms with Crippen LogP contribution in [0, 0.1) is 31.1 Å². The van der Waals surface area contributed by atoms with E-state index in [0.717, 1.165) is 11.3 Å². The fourth-order valence-electron chi connectivity index (χ4n) is 2.14. The molecule has 2 N–H and O–H groups in total. The van der Waals surface area contributed by atoms with Gasteiger partial charge < -0.3 is 10.6 Å². The van der Waals surface area contributed by atoms with Gasteiger partial charge in [-0.25, -0.2) is 0 Å². The number of aromatic nitrogens is 2. The van der Waals surface area contributed by atoms with Crippen molar-refractivity contribution in [3.05, 3.63) is 29.3 Å². The van der Waals surface area contributed by atoms with Crippen LogP contribution in [0.3, 0.4) is 0 Å². The molecule has 8 heteroatoms. The first kappa shape index (κ1) is 20.2. The van der Waals surface area contributed by atoms with E-state index in [-0.39, 0.29) is 17.6 Å². The third kappa shape index (κ3) is 5.19. The predicted molar refractivity (Wildman–Crippen MR) is 107 cm³/mol. The second-order valence-corrected chi connectivity index (χ2v) is 8.82. The largest absolute Gasteiger partial charge is 0.337 e. The van der Waals surface area contributed by atoms with Crippen LogP contribution in [0.1, 0.15) is 31.9 Å². The molecule has 0 saturated heterocycles. The molecule has 2 rings (SSSR count). The second kappa shape index (κ2) is 8.52. The number of benzene rings is 1. The first-order valence-corrected chi connectivity index (χ1v) is 10.1. The van der Waals surface area contributed by atoms with Gasteiger partial charge in [-0.05, 0) is 38.3 Å². The van der Waals surface area contributed by atoms with Gasteiger partial charge in [0.15, 0.2) is 4.34 Å². The van der Waals surface area contributed by atoms with E-state index >= 15 is 0 Å². The van der Waals surface area contributed by atoms with Crippen LogP contribution in [-0.4, -0.2) is 27.4 Å². The van der Waals surface area contributed by atoms with Crippen molar-refractivity contribution in [2.75, 3.05) is 11.1 Å². The Morgan fingerprint density at radius 1 is 1.38 bits per heavy atom. The summed E-state index contributed by atoms with van der Waals surface area (Å²) in [5.41, 5.74) is 2.47. The molecule has 26 heavy (non-hydrogen) atoms. The number of nitrogens with zero attached hydrogens (tertiary/aromatic N) is 3. The topological polar surface area (TPSA) is 90.7 Å². The lowest BCUT2D eigenvalue weighted by molar-refractivity contribution is -0.120. The average Bonchev–Trinajstić information content (AvgIpc) is 3.03. The molecule has 0 spiro atoms. The molecule has 0 saturated carbocycles. The van der Waals surface area contributed by atoms with Crippen LogP contribution >= 0.6 is 23.1 Å². The van der Waals surface area contributed by atoms with Gasteiger partial charge in [-0.3, -0.25) is 4.79 Å².